The number of thiazole rings is 1. The minimum Gasteiger partial charge on any atom is -0.497 e. The van der Waals surface area contributed by atoms with Gasteiger partial charge in [0.25, 0.3) is 5.91 Å². The molecule has 0 bridgehead atoms. The molecule has 1 aromatic heterocycles. The van der Waals surface area contributed by atoms with Gasteiger partial charge in [0.15, 0.2) is 4.80 Å². The molecule has 4 rings (SSSR count). The van der Waals surface area contributed by atoms with Gasteiger partial charge >= 0.3 is 5.97 Å². The maximum atomic E-state index is 13.1. The largest absolute Gasteiger partial charge is 0.497 e. The van der Waals surface area contributed by atoms with E-state index in [0.29, 0.717) is 23.4 Å². The fourth-order valence-electron chi connectivity index (χ4n) is 4.04. The lowest BCUT2D eigenvalue weighted by Gasteiger charge is -2.29. The maximum Gasteiger partial charge on any atom is 0.325 e. The van der Waals surface area contributed by atoms with Crippen LogP contribution in [0.1, 0.15) is 12.8 Å². The Balaban J connectivity index is 1.54. The average Bonchev–Trinajstić information content (AvgIpc) is 3.24. The fraction of sp³-hybridized carbons (Fsp3) is 0.375. The Bertz CT molecular complexity index is 1440. The fourth-order valence-corrected chi connectivity index (χ4v) is 7.10. The Morgan fingerprint density at radius 3 is 2.42 bits per heavy atom. The lowest BCUT2D eigenvalue weighted by Crippen LogP contribution is -2.40. The summed E-state index contributed by atoms with van der Waals surface area (Å²) < 4.78 is 40.0. The third-order valence-electron chi connectivity index (χ3n) is 6.11. The van der Waals surface area contributed by atoms with E-state index >= 15 is 0 Å². The first kappa shape index (κ1) is 26.4. The van der Waals surface area contributed by atoms with E-state index in [9.17, 15) is 18.0 Å². The summed E-state index contributed by atoms with van der Waals surface area (Å²) in [4.78, 5) is 31.2. The minimum absolute atomic E-state index is 0.0558. The molecule has 0 radical (unpaired) electrons. The maximum absolute atomic E-state index is 13.1. The normalized spacial score (nSPS) is 15.8. The molecular weight excluding hydrogens is 522 g/mol. The summed E-state index contributed by atoms with van der Waals surface area (Å²) >= 11 is 2.95. The van der Waals surface area contributed by atoms with Crippen molar-refractivity contribution in [3.63, 3.8) is 0 Å². The number of carbonyl (C=O) groups is 2. The van der Waals surface area contributed by atoms with Gasteiger partial charge in [-0.25, -0.2) is 8.42 Å². The summed E-state index contributed by atoms with van der Waals surface area (Å²) in [7, 11) is -0.822. The van der Waals surface area contributed by atoms with E-state index in [1.165, 1.54) is 42.0 Å². The summed E-state index contributed by atoms with van der Waals surface area (Å²) in [5, 5.41) is 0. The van der Waals surface area contributed by atoms with Gasteiger partial charge in [0.05, 0.1) is 29.3 Å². The summed E-state index contributed by atoms with van der Waals surface area (Å²) in [6, 6.07) is 12.1. The van der Waals surface area contributed by atoms with Crippen LogP contribution in [0.2, 0.25) is 0 Å². The number of sulfonamides is 1. The van der Waals surface area contributed by atoms with E-state index in [4.69, 9.17) is 9.47 Å². The summed E-state index contributed by atoms with van der Waals surface area (Å²) in [6.07, 6.45) is 2.72. The van der Waals surface area contributed by atoms with E-state index in [-0.39, 0.29) is 30.4 Å². The van der Waals surface area contributed by atoms with Crippen molar-refractivity contribution in [2.75, 3.05) is 33.6 Å². The van der Waals surface area contributed by atoms with Gasteiger partial charge in [-0.3, -0.25) is 9.59 Å². The van der Waals surface area contributed by atoms with E-state index in [1.54, 1.807) is 28.5 Å². The van der Waals surface area contributed by atoms with Gasteiger partial charge in [-0.1, -0.05) is 11.3 Å². The van der Waals surface area contributed by atoms with Crippen LogP contribution in [0.5, 0.6) is 5.75 Å². The summed E-state index contributed by atoms with van der Waals surface area (Å²) in [5.74, 6) is -0.567. The number of fused-ring (bicyclic) bond motifs is 1. The van der Waals surface area contributed by atoms with Crippen LogP contribution in [0, 0.1) is 5.92 Å². The number of aromatic nitrogens is 1. The quantitative estimate of drug-likeness (QED) is 0.329. The smallest absolute Gasteiger partial charge is 0.325 e. The highest BCUT2D eigenvalue weighted by Crippen LogP contribution is 2.27. The third-order valence-corrected chi connectivity index (χ3v) is 9.79. The van der Waals surface area contributed by atoms with Gasteiger partial charge in [0.2, 0.25) is 10.0 Å². The van der Waals surface area contributed by atoms with Gasteiger partial charge in [0, 0.05) is 23.9 Å². The van der Waals surface area contributed by atoms with Crippen molar-refractivity contribution in [1.82, 2.24) is 8.87 Å². The third kappa shape index (κ3) is 5.51. The number of amides is 1. The molecule has 0 unspecified atom stereocenters. The molecule has 2 aromatic carbocycles. The molecular formula is C24H27N3O6S3. The molecule has 1 saturated heterocycles. The Morgan fingerprint density at radius 1 is 1.11 bits per heavy atom. The highest BCUT2D eigenvalue weighted by atomic mass is 32.2. The van der Waals surface area contributed by atoms with Crippen LogP contribution in [-0.4, -0.2) is 62.7 Å². The number of thioether (sulfide) groups is 1. The van der Waals surface area contributed by atoms with Crippen LogP contribution in [0.15, 0.2) is 57.2 Å². The molecule has 0 atom stereocenters. The van der Waals surface area contributed by atoms with Gasteiger partial charge in [0.1, 0.15) is 12.3 Å². The van der Waals surface area contributed by atoms with Crippen molar-refractivity contribution >= 4 is 55.2 Å². The standard InChI is InChI=1S/C24H27N3O6S3/c1-32-17-4-7-19(8-5-17)36(30,31)26-12-10-16(11-13-26)23(29)25-24-27(15-22(28)33-2)20-9-6-18(34-3)14-21(20)35-24/h4-9,14,16H,10-13,15H2,1-3H3. The summed E-state index contributed by atoms with van der Waals surface area (Å²) in [6.45, 7) is 0.400. The molecule has 1 aliphatic rings. The predicted octanol–water partition coefficient (Wildman–Crippen LogP) is 3.13. The van der Waals surface area contributed by atoms with E-state index in [0.717, 1.165) is 15.1 Å². The molecule has 0 N–H and O–H groups in total. The van der Waals surface area contributed by atoms with E-state index < -0.39 is 21.9 Å². The van der Waals surface area contributed by atoms with Crippen molar-refractivity contribution in [2.24, 2.45) is 10.9 Å². The molecule has 0 spiro atoms. The number of carbonyl (C=O) groups excluding carboxylic acids is 2. The highest BCUT2D eigenvalue weighted by Gasteiger charge is 2.32. The number of hydrogen-bond donors (Lipinski definition) is 0. The first-order chi connectivity index (χ1) is 17.3. The molecule has 0 saturated carbocycles. The van der Waals surface area contributed by atoms with E-state index in [2.05, 4.69) is 4.99 Å². The van der Waals surface area contributed by atoms with Crippen LogP contribution < -0.4 is 9.54 Å². The van der Waals surface area contributed by atoms with Gasteiger partial charge < -0.3 is 14.0 Å². The van der Waals surface area contributed by atoms with Gasteiger partial charge in [-0.05, 0) is 61.6 Å². The Labute approximate surface area is 217 Å². The number of nitrogens with zero attached hydrogens (tertiary/aromatic N) is 3. The zero-order valence-corrected chi connectivity index (χ0v) is 22.6. The molecule has 36 heavy (non-hydrogen) atoms. The molecule has 1 amide bonds. The number of piperidine rings is 1. The van der Waals surface area contributed by atoms with Crippen molar-refractivity contribution in [1.29, 1.82) is 0 Å². The lowest BCUT2D eigenvalue weighted by atomic mass is 9.98. The molecule has 192 valence electrons. The SMILES string of the molecule is COC(=O)Cn1c(=NC(=O)C2CCN(S(=O)(=O)c3ccc(OC)cc3)CC2)sc2cc(SC)ccc21. The second-order valence-corrected chi connectivity index (χ2v) is 12.0. The van der Waals surface area contributed by atoms with Gasteiger partial charge in [-0.2, -0.15) is 9.30 Å². The number of rotatable bonds is 7. The van der Waals surface area contributed by atoms with Crippen molar-refractivity contribution in [2.45, 2.75) is 29.2 Å². The zero-order chi connectivity index (χ0) is 25.9. The lowest BCUT2D eigenvalue weighted by molar-refractivity contribution is -0.141. The van der Waals surface area contributed by atoms with Crippen LogP contribution in [-0.2, 0) is 30.9 Å². The molecule has 0 aliphatic carbocycles. The van der Waals surface area contributed by atoms with Crippen LogP contribution >= 0.6 is 23.1 Å². The van der Waals surface area contributed by atoms with Crippen molar-refractivity contribution in [3.05, 3.63) is 47.3 Å². The van der Waals surface area contributed by atoms with E-state index in [1.807, 2.05) is 24.5 Å². The average molecular weight is 550 g/mol. The second-order valence-electron chi connectivity index (χ2n) is 8.18. The molecule has 9 nitrogen and oxygen atoms in total. The Hall–Kier alpha value is -2.67. The molecule has 2 heterocycles. The van der Waals surface area contributed by atoms with Gasteiger partial charge in [-0.15, -0.1) is 11.8 Å². The Kier molecular flexibility index (Phi) is 8.18. The molecule has 12 heteroatoms. The van der Waals surface area contributed by atoms with Crippen molar-refractivity contribution in [3.8, 4) is 5.75 Å². The second kappa shape index (κ2) is 11.2. The number of ether oxygens (including phenoxy) is 2. The molecule has 3 aromatic rings. The first-order valence-electron chi connectivity index (χ1n) is 11.2. The Morgan fingerprint density at radius 2 is 1.81 bits per heavy atom. The minimum atomic E-state index is -3.66. The van der Waals surface area contributed by atoms with Crippen LogP contribution in [0.4, 0.5) is 0 Å². The number of esters is 1. The topological polar surface area (TPSA) is 107 Å². The predicted molar refractivity (Wildman–Crippen MR) is 139 cm³/mol. The molecule has 1 fully saturated rings. The first-order valence-corrected chi connectivity index (χ1v) is 14.7. The summed E-state index contributed by atoms with van der Waals surface area (Å²) in [5.41, 5.74) is 0.801. The molecule has 1 aliphatic heterocycles. The van der Waals surface area contributed by atoms with Crippen LogP contribution in [0.25, 0.3) is 10.2 Å². The zero-order valence-electron chi connectivity index (χ0n) is 20.2. The van der Waals surface area contributed by atoms with Crippen LogP contribution in [0.3, 0.4) is 0 Å². The monoisotopic (exact) mass is 549 g/mol. The number of methoxy groups -OCH3 is 2. The van der Waals surface area contributed by atoms with Crippen molar-refractivity contribution < 1.29 is 27.5 Å². The number of benzene rings is 2. The number of hydrogen-bond acceptors (Lipinski definition) is 8. The highest BCUT2D eigenvalue weighted by molar-refractivity contribution is 7.98.